The summed E-state index contributed by atoms with van der Waals surface area (Å²) in [6.07, 6.45) is 5.46. The van der Waals surface area contributed by atoms with Crippen LogP contribution < -0.4 is 15.5 Å². The lowest BCUT2D eigenvalue weighted by molar-refractivity contribution is -0.125. The van der Waals surface area contributed by atoms with Gasteiger partial charge in [-0.3, -0.25) is 9.48 Å². The van der Waals surface area contributed by atoms with Gasteiger partial charge in [-0.2, -0.15) is 5.10 Å². The number of ether oxygens (including phenoxy) is 1. The number of amides is 1. The van der Waals surface area contributed by atoms with E-state index in [0.717, 1.165) is 37.3 Å². The fraction of sp³-hybridized carbons (Fsp3) is 0.417. The van der Waals surface area contributed by atoms with Crippen LogP contribution in [-0.4, -0.2) is 58.5 Å². The van der Waals surface area contributed by atoms with E-state index in [2.05, 4.69) is 25.7 Å². The Morgan fingerprint density at radius 3 is 2.60 bits per heavy atom. The van der Waals surface area contributed by atoms with E-state index in [-0.39, 0.29) is 12.5 Å². The van der Waals surface area contributed by atoms with Crippen molar-refractivity contribution in [3.63, 3.8) is 0 Å². The summed E-state index contributed by atoms with van der Waals surface area (Å²) < 4.78 is 7.12. The van der Waals surface area contributed by atoms with E-state index in [1.807, 2.05) is 28.9 Å². The summed E-state index contributed by atoms with van der Waals surface area (Å²) in [5.74, 6) is 1.73. The maximum absolute atomic E-state index is 12.1. The molecule has 3 aromatic rings. The lowest BCUT2D eigenvalue weighted by Gasteiger charge is -2.26. The molecule has 1 amide bonds. The van der Waals surface area contributed by atoms with Crippen LogP contribution in [0.3, 0.4) is 0 Å². The molecule has 2 saturated heterocycles. The Morgan fingerprint density at radius 1 is 1.09 bits per heavy atom. The van der Waals surface area contributed by atoms with Crippen molar-refractivity contribution in [2.24, 2.45) is 11.8 Å². The van der Waals surface area contributed by atoms with Gasteiger partial charge in [-0.05, 0) is 62.0 Å². The molecule has 0 bridgehead atoms. The zero-order valence-corrected chi connectivity index (χ0v) is 20.5. The predicted molar refractivity (Wildman–Crippen MR) is 134 cm³/mol. The van der Waals surface area contributed by atoms with E-state index < -0.39 is 0 Å². The molecule has 1 aliphatic carbocycles. The number of halogens is 2. The van der Waals surface area contributed by atoms with Gasteiger partial charge in [0.1, 0.15) is 11.8 Å². The molecule has 182 valence electrons. The predicted octanol–water partition coefficient (Wildman–Crippen LogP) is 3.92. The molecule has 11 heteroatoms. The zero-order valence-electron chi connectivity index (χ0n) is 19.0. The number of anilines is 3. The van der Waals surface area contributed by atoms with Gasteiger partial charge in [-0.15, -0.1) is 0 Å². The number of benzene rings is 1. The van der Waals surface area contributed by atoms with Crippen LogP contribution in [0.1, 0.15) is 18.9 Å². The van der Waals surface area contributed by atoms with Gasteiger partial charge in [0.15, 0.2) is 0 Å². The molecule has 3 fully saturated rings. The van der Waals surface area contributed by atoms with Crippen molar-refractivity contribution in [1.29, 1.82) is 0 Å². The molecule has 4 heterocycles. The Bertz CT molecular complexity index is 1240. The van der Waals surface area contributed by atoms with Crippen LogP contribution in [-0.2, 0) is 9.53 Å². The van der Waals surface area contributed by atoms with E-state index >= 15 is 0 Å². The largest absolute Gasteiger partial charge is 0.370 e. The molecular weight excluding hydrogens is 489 g/mol. The highest BCUT2D eigenvalue weighted by Gasteiger charge is 2.39. The first-order chi connectivity index (χ1) is 17.1. The summed E-state index contributed by atoms with van der Waals surface area (Å²) in [4.78, 5) is 22.8. The number of carbonyl (C=O) groups excluding carboxylic acids is 1. The summed E-state index contributed by atoms with van der Waals surface area (Å²) in [5.41, 5.74) is 2.84. The third-order valence-electron chi connectivity index (χ3n) is 7.13. The molecule has 2 unspecified atom stereocenters. The van der Waals surface area contributed by atoms with Gasteiger partial charge in [0.05, 0.1) is 41.3 Å². The number of morpholine rings is 1. The Morgan fingerprint density at radius 2 is 1.86 bits per heavy atom. The summed E-state index contributed by atoms with van der Waals surface area (Å²) >= 11 is 13.3. The maximum atomic E-state index is 12.1. The van der Waals surface area contributed by atoms with Crippen LogP contribution in [0.25, 0.3) is 11.3 Å². The van der Waals surface area contributed by atoms with Crippen molar-refractivity contribution >= 4 is 46.4 Å². The highest BCUT2D eigenvalue weighted by Crippen LogP contribution is 2.43. The average Bonchev–Trinajstić information content (AvgIpc) is 3.56. The highest BCUT2D eigenvalue weighted by molar-refractivity contribution is 6.35. The van der Waals surface area contributed by atoms with Gasteiger partial charge in [-0.1, -0.05) is 23.2 Å². The minimum absolute atomic E-state index is 0.0439. The van der Waals surface area contributed by atoms with Gasteiger partial charge in [0.2, 0.25) is 5.95 Å². The van der Waals surface area contributed by atoms with Crippen molar-refractivity contribution < 1.29 is 9.53 Å². The Hall–Kier alpha value is -2.72. The van der Waals surface area contributed by atoms with E-state index in [1.165, 1.54) is 0 Å². The SMILES string of the molecule is O=C1COCCN1c1ccc(Nc2ncc(Cl)c(-c3cnn(C4CC5CNCC5C4)c3Cl)n2)cc1. The first-order valence-electron chi connectivity index (χ1n) is 11.8. The molecule has 2 aromatic heterocycles. The van der Waals surface area contributed by atoms with Crippen molar-refractivity contribution in [1.82, 2.24) is 25.1 Å². The van der Waals surface area contributed by atoms with E-state index in [4.69, 9.17) is 27.9 Å². The second-order valence-corrected chi connectivity index (χ2v) is 10.0. The third kappa shape index (κ3) is 4.38. The number of aromatic nitrogens is 4. The van der Waals surface area contributed by atoms with Crippen LogP contribution in [0.4, 0.5) is 17.3 Å². The second-order valence-electron chi connectivity index (χ2n) is 9.26. The van der Waals surface area contributed by atoms with Crippen LogP contribution >= 0.6 is 23.2 Å². The molecule has 9 nitrogen and oxygen atoms in total. The third-order valence-corrected chi connectivity index (χ3v) is 7.78. The molecule has 0 radical (unpaired) electrons. The second kappa shape index (κ2) is 9.39. The van der Waals surface area contributed by atoms with Crippen molar-refractivity contribution in [3.05, 3.63) is 46.8 Å². The van der Waals surface area contributed by atoms with Crippen LogP contribution in [0.2, 0.25) is 10.2 Å². The van der Waals surface area contributed by atoms with Crippen LogP contribution in [0, 0.1) is 11.8 Å². The van der Waals surface area contributed by atoms with Gasteiger partial charge in [0, 0.05) is 17.9 Å². The van der Waals surface area contributed by atoms with Crippen molar-refractivity contribution in [2.75, 3.05) is 43.1 Å². The maximum Gasteiger partial charge on any atom is 0.253 e. The number of carbonyl (C=O) groups is 1. The first kappa shape index (κ1) is 22.7. The molecular formula is C24H25Cl2N7O2. The lowest BCUT2D eigenvalue weighted by Crippen LogP contribution is -2.41. The fourth-order valence-electron chi connectivity index (χ4n) is 5.36. The van der Waals surface area contributed by atoms with Crippen LogP contribution in [0.15, 0.2) is 36.7 Å². The molecule has 2 N–H and O–H groups in total. The smallest absolute Gasteiger partial charge is 0.253 e. The van der Waals surface area contributed by atoms with Crippen molar-refractivity contribution in [2.45, 2.75) is 18.9 Å². The molecule has 3 aliphatic rings. The molecule has 2 aliphatic heterocycles. The Balaban J connectivity index is 1.20. The minimum Gasteiger partial charge on any atom is -0.370 e. The normalized spacial score (nSPS) is 24.1. The number of rotatable bonds is 5. The van der Waals surface area contributed by atoms with Crippen LogP contribution in [0.5, 0.6) is 0 Å². The standard InChI is InChI=1S/C24H25Cl2N7O2/c25-20-12-28-24(30-16-1-3-17(4-2-16)32-5-6-35-13-21(32)34)31-22(20)19-11-29-33(23(19)26)18-7-14-9-27-10-15(14)8-18/h1-4,11-12,14-15,18,27H,5-10,13H2,(H,28,30,31). The highest BCUT2D eigenvalue weighted by atomic mass is 35.5. The number of nitrogens with zero attached hydrogens (tertiary/aromatic N) is 5. The molecule has 0 spiro atoms. The number of hydrogen-bond donors (Lipinski definition) is 2. The summed E-state index contributed by atoms with van der Waals surface area (Å²) in [5, 5.41) is 12.2. The first-order valence-corrected chi connectivity index (χ1v) is 12.5. The monoisotopic (exact) mass is 513 g/mol. The number of hydrogen-bond acceptors (Lipinski definition) is 7. The minimum atomic E-state index is -0.0439. The lowest BCUT2D eigenvalue weighted by atomic mass is 10.0. The molecule has 1 saturated carbocycles. The van der Waals surface area contributed by atoms with E-state index in [0.29, 0.717) is 58.4 Å². The van der Waals surface area contributed by atoms with Gasteiger partial charge >= 0.3 is 0 Å². The Labute approximate surface area is 212 Å². The summed E-state index contributed by atoms with van der Waals surface area (Å²) in [7, 11) is 0. The Kier molecular flexibility index (Phi) is 6.09. The number of nitrogens with one attached hydrogen (secondary N) is 2. The van der Waals surface area contributed by atoms with Crippen molar-refractivity contribution in [3.8, 4) is 11.3 Å². The van der Waals surface area contributed by atoms with Gasteiger partial charge < -0.3 is 20.3 Å². The van der Waals surface area contributed by atoms with E-state index in [9.17, 15) is 4.79 Å². The van der Waals surface area contributed by atoms with Gasteiger partial charge in [-0.25, -0.2) is 9.97 Å². The molecule has 6 rings (SSSR count). The van der Waals surface area contributed by atoms with Gasteiger partial charge in [0.25, 0.3) is 5.91 Å². The molecule has 1 aromatic carbocycles. The molecule has 35 heavy (non-hydrogen) atoms. The number of fused-ring (bicyclic) bond motifs is 1. The summed E-state index contributed by atoms with van der Waals surface area (Å²) in [6, 6.07) is 7.83. The quantitative estimate of drug-likeness (QED) is 0.533. The zero-order chi connectivity index (χ0) is 23.9. The molecule has 2 atom stereocenters. The van der Waals surface area contributed by atoms with E-state index in [1.54, 1.807) is 17.3 Å². The fourth-order valence-corrected chi connectivity index (χ4v) is 5.87. The topological polar surface area (TPSA) is 97.2 Å². The average molecular weight is 514 g/mol. The summed E-state index contributed by atoms with van der Waals surface area (Å²) in [6.45, 7) is 3.33.